The second kappa shape index (κ2) is 8.91. The zero-order chi connectivity index (χ0) is 18.3. The van der Waals surface area contributed by atoms with Crippen LogP contribution in [0.25, 0.3) is 0 Å². The third-order valence-electron chi connectivity index (χ3n) is 3.29. The van der Waals surface area contributed by atoms with Crippen molar-refractivity contribution in [1.82, 2.24) is 10.3 Å². The first-order valence-electron chi connectivity index (χ1n) is 7.82. The molecule has 136 valence electrons. The Bertz CT molecular complexity index is 822. The molecule has 0 aliphatic carbocycles. The highest BCUT2D eigenvalue weighted by molar-refractivity contribution is 7.90. The number of thiazole rings is 1. The smallest absolute Gasteiger partial charge is 0.321 e. The van der Waals surface area contributed by atoms with Crippen LogP contribution in [-0.2, 0) is 22.1 Å². The Balaban J connectivity index is 1.84. The number of urea groups is 1. The van der Waals surface area contributed by atoms with Gasteiger partial charge in [-0.15, -0.1) is 11.3 Å². The maximum absolute atomic E-state index is 13.1. The summed E-state index contributed by atoms with van der Waals surface area (Å²) in [7, 11) is -3.18. The maximum Gasteiger partial charge on any atom is 0.321 e. The molecular weight excluding hydrogens is 365 g/mol. The highest BCUT2D eigenvalue weighted by Crippen LogP contribution is 2.18. The lowest BCUT2D eigenvalue weighted by Crippen LogP contribution is -2.28. The van der Waals surface area contributed by atoms with Gasteiger partial charge in [-0.2, -0.15) is 0 Å². The Labute approximate surface area is 150 Å². The molecule has 0 bridgehead atoms. The summed E-state index contributed by atoms with van der Waals surface area (Å²) < 4.78 is 36.9. The zero-order valence-corrected chi connectivity index (χ0v) is 15.4. The molecule has 6 nitrogen and oxygen atoms in total. The Morgan fingerprint density at radius 1 is 1.36 bits per heavy atom. The topological polar surface area (TPSA) is 88.2 Å². The van der Waals surface area contributed by atoms with Crippen LogP contribution in [0.3, 0.4) is 0 Å². The van der Waals surface area contributed by atoms with Crippen LogP contribution in [0, 0.1) is 5.82 Å². The first kappa shape index (κ1) is 19.3. The van der Waals surface area contributed by atoms with Crippen LogP contribution in [0.15, 0.2) is 29.6 Å². The van der Waals surface area contributed by atoms with E-state index >= 15 is 0 Å². The molecule has 2 aromatic rings. The van der Waals surface area contributed by atoms with E-state index < -0.39 is 15.9 Å². The third-order valence-corrected chi connectivity index (χ3v) is 5.74. The number of sulfone groups is 1. The number of halogens is 1. The van der Waals surface area contributed by atoms with E-state index in [1.165, 1.54) is 12.1 Å². The van der Waals surface area contributed by atoms with Gasteiger partial charge in [-0.05, 0) is 24.1 Å². The molecule has 0 radical (unpaired) electrons. The van der Waals surface area contributed by atoms with Crippen molar-refractivity contribution < 1.29 is 17.6 Å². The summed E-state index contributed by atoms with van der Waals surface area (Å²) in [6.45, 7) is 2.11. The van der Waals surface area contributed by atoms with Gasteiger partial charge in [-0.3, -0.25) is 5.32 Å². The van der Waals surface area contributed by atoms with Gasteiger partial charge in [0, 0.05) is 11.9 Å². The lowest BCUT2D eigenvalue weighted by atomic mass is 10.2. The Morgan fingerprint density at radius 2 is 2.16 bits per heavy atom. The molecule has 0 spiro atoms. The number of nitrogens with one attached hydrogen (secondary N) is 2. The first-order valence-corrected chi connectivity index (χ1v) is 10.5. The minimum atomic E-state index is -3.18. The van der Waals surface area contributed by atoms with E-state index in [0.29, 0.717) is 22.8 Å². The van der Waals surface area contributed by atoms with E-state index in [1.54, 1.807) is 17.5 Å². The fourth-order valence-corrected chi connectivity index (χ4v) is 4.35. The van der Waals surface area contributed by atoms with Gasteiger partial charge in [0.25, 0.3) is 0 Å². The molecule has 0 aliphatic rings. The quantitative estimate of drug-likeness (QED) is 0.730. The van der Waals surface area contributed by atoms with Crippen LogP contribution in [0.4, 0.5) is 14.3 Å². The summed E-state index contributed by atoms with van der Waals surface area (Å²) in [6.07, 6.45) is 1.44. The van der Waals surface area contributed by atoms with Crippen molar-refractivity contribution >= 4 is 32.3 Å². The monoisotopic (exact) mass is 385 g/mol. The number of anilines is 1. The van der Waals surface area contributed by atoms with E-state index in [2.05, 4.69) is 15.6 Å². The summed E-state index contributed by atoms with van der Waals surface area (Å²) in [5, 5.41) is 7.07. The number of nitrogens with zero attached hydrogens (tertiary/aromatic N) is 1. The number of rotatable bonds is 8. The van der Waals surface area contributed by atoms with Crippen LogP contribution >= 0.6 is 11.3 Å². The average molecular weight is 385 g/mol. The van der Waals surface area contributed by atoms with Crippen LogP contribution in [0.2, 0.25) is 0 Å². The molecule has 2 amide bonds. The molecule has 0 unspecified atom stereocenters. The van der Waals surface area contributed by atoms with Crippen LogP contribution in [-0.4, -0.2) is 25.2 Å². The zero-order valence-electron chi connectivity index (χ0n) is 13.8. The second-order valence-corrected chi connectivity index (χ2v) is 8.57. The minimum absolute atomic E-state index is 0.129. The average Bonchev–Trinajstić information content (AvgIpc) is 2.97. The van der Waals surface area contributed by atoms with Crippen LogP contribution in [0.1, 0.15) is 31.0 Å². The summed E-state index contributed by atoms with van der Waals surface area (Å²) in [5.74, 6) is -0.359. The van der Waals surface area contributed by atoms with Gasteiger partial charge in [0.2, 0.25) is 0 Å². The van der Waals surface area contributed by atoms with Gasteiger partial charge in [0.1, 0.15) is 5.82 Å². The summed E-state index contributed by atoms with van der Waals surface area (Å²) >= 11 is 1.16. The van der Waals surface area contributed by atoms with Gasteiger partial charge in [0.15, 0.2) is 15.0 Å². The molecule has 2 rings (SSSR count). The minimum Gasteiger partial charge on any atom is -0.334 e. The summed E-state index contributed by atoms with van der Waals surface area (Å²) in [5.41, 5.74) is 1.05. The third kappa shape index (κ3) is 6.79. The van der Waals surface area contributed by atoms with Gasteiger partial charge in [-0.1, -0.05) is 25.5 Å². The fourth-order valence-electron chi connectivity index (χ4n) is 2.06. The van der Waals surface area contributed by atoms with Crippen molar-refractivity contribution in [1.29, 1.82) is 0 Å². The fraction of sp³-hybridized carbons (Fsp3) is 0.375. The van der Waals surface area contributed by atoms with Crippen molar-refractivity contribution in [2.24, 2.45) is 0 Å². The number of carbonyl (C=O) groups is 1. The molecule has 0 aliphatic heterocycles. The van der Waals surface area contributed by atoms with E-state index in [0.717, 1.165) is 17.8 Å². The highest BCUT2D eigenvalue weighted by atomic mass is 32.2. The summed E-state index contributed by atoms with van der Waals surface area (Å²) in [4.78, 5) is 16.0. The van der Waals surface area contributed by atoms with Crippen LogP contribution in [0.5, 0.6) is 0 Å². The number of unbranched alkanes of at least 4 members (excludes halogenated alkanes) is 1. The normalized spacial score (nSPS) is 11.3. The Morgan fingerprint density at radius 3 is 2.88 bits per heavy atom. The molecule has 0 fully saturated rings. The number of carbonyl (C=O) groups excluding carboxylic acids is 1. The number of amides is 2. The molecule has 9 heteroatoms. The molecule has 1 heterocycles. The summed E-state index contributed by atoms with van der Waals surface area (Å²) in [6, 6.07) is 5.44. The molecule has 25 heavy (non-hydrogen) atoms. The largest absolute Gasteiger partial charge is 0.334 e. The van der Waals surface area contributed by atoms with Crippen molar-refractivity contribution in [2.75, 3.05) is 11.1 Å². The molecular formula is C16H20FN3O3S2. The highest BCUT2D eigenvalue weighted by Gasteiger charge is 2.14. The molecule has 0 atom stereocenters. The van der Waals surface area contributed by atoms with E-state index in [4.69, 9.17) is 0 Å². The van der Waals surface area contributed by atoms with E-state index in [9.17, 15) is 17.6 Å². The van der Waals surface area contributed by atoms with E-state index in [1.807, 2.05) is 6.92 Å². The van der Waals surface area contributed by atoms with Crippen LogP contribution < -0.4 is 10.6 Å². The van der Waals surface area contributed by atoms with Gasteiger partial charge >= 0.3 is 6.03 Å². The molecule has 1 aromatic carbocycles. The number of hydrogen-bond donors (Lipinski definition) is 2. The first-order chi connectivity index (χ1) is 11.9. The predicted octanol–water partition coefficient (Wildman–Crippen LogP) is 3.32. The Hall–Kier alpha value is -2.00. The standard InChI is InChI=1S/C16H20FN3O3S2/c1-2-3-7-25(22,23)11-14-10-24-16(19-14)20-15(21)18-9-12-5-4-6-13(17)8-12/h4-6,8,10H,2-3,7,9,11H2,1H3,(H2,18,19,20,21). The SMILES string of the molecule is CCCCS(=O)(=O)Cc1csc(NC(=O)NCc2cccc(F)c2)n1. The number of aromatic nitrogens is 1. The predicted molar refractivity (Wildman–Crippen MR) is 96.8 cm³/mol. The Kier molecular flexibility index (Phi) is 6.89. The molecule has 2 N–H and O–H groups in total. The van der Waals surface area contributed by atoms with Gasteiger partial charge < -0.3 is 5.32 Å². The lowest BCUT2D eigenvalue weighted by molar-refractivity contribution is 0.251. The van der Waals surface area contributed by atoms with Crippen molar-refractivity contribution in [3.05, 3.63) is 46.7 Å². The lowest BCUT2D eigenvalue weighted by Gasteiger charge is -2.05. The number of hydrogen-bond acceptors (Lipinski definition) is 5. The van der Waals surface area contributed by atoms with E-state index in [-0.39, 0.29) is 23.9 Å². The van der Waals surface area contributed by atoms with Crippen molar-refractivity contribution in [3.63, 3.8) is 0 Å². The van der Waals surface area contributed by atoms with Gasteiger partial charge in [-0.25, -0.2) is 22.6 Å². The molecule has 0 saturated carbocycles. The second-order valence-electron chi connectivity index (χ2n) is 5.53. The van der Waals surface area contributed by atoms with Crippen molar-refractivity contribution in [2.45, 2.75) is 32.1 Å². The maximum atomic E-state index is 13.1. The molecule has 0 saturated heterocycles. The van der Waals surface area contributed by atoms with Gasteiger partial charge in [0.05, 0.1) is 17.2 Å². The van der Waals surface area contributed by atoms with Crippen molar-refractivity contribution in [3.8, 4) is 0 Å². The molecule has 1 aromatic heterocycles. The number of benzene rings is 1.